The fourth-order valence-corrected chi connectivity index (χ4v) is 1.44. The summed E-state index contributed by atoms with van der Waals surface area (Å²) in [6, 6.07) is 5.98. The van der Waals surface area contributed by atoms with Crippen LogP contribution in [0.4, 0.5) is 11.4 Å². The number of carboxylic acid groups (broad SMARTS) is 2. The first-order chi connectivity index (χ1) is 10.8. The molecule has 0 aromatic heterocycles. The predicted molar refractivity (Wildman–Crippen MR) is 81.9 cm³/mol. The molecule has 0 saturated carbocycles. The summed E-state index contributed by atoms with van der Waals surface area (Å²) in [7, 11) is 0. The van der Waals surface area contributed by atoms with Gasteiger partial charge in [-0.25, -0.2) is 9.59 Å². The van der Waals surface area contributed by atoms with E-state index in [9.17, 15) is 19.2 Å². The molecule has 0 unspecified atom stereocenters. The molecular formula is C15H14N2O6. The van der Waals surface area contributed by atoms with Gasteiger partial charge >= 0.3 is 11.9 Å². The van der Waals surface area contributed by atoms with Crippen LogP contribution in [0.1, 0.15) is 6.42 Å². The topological polar surface area (TPSA) is 133 Å². The van der Waals surface area contributed by atoms with Crippen LogP contribution in [0, 0.1) is 0 Å². The van der Waals surface area contributed by atoms with Gasteiger partial charge in [-0.15, -0.1) is 0 Å². The third-order valence-corrected chi connectivity index (χ3v) is 2.49. The molecule has 0 aliphatic rings. The third-order valence-electron chi connectivity index (χ3n) is 2.49. The van der Waals surface area contributed by atoms with Crippen LogP contribution in [0.15, 0.2) is 48.6 Å². The zero-order valence-corrected chi connectivity index (χ0v) is 11.9. The third kappa shape index (κ3) is 6.71. The Morgan fingerprint density at radius 1 is 0.957 bits per heavy atom. The molecule has 0 aliphatic heterocycles. The van der Waals surface area contributed by atoms with Crippen LogP contribution < -0.4 is 10.6 Å². The van der Waals surface area contributed by atoms with E-state index in [1.165, 1.54) is 24.3 Å². The van der Waals surface area contributed by atoms with Crippen molar-refractivity contribution in [3.8, 4) is 0 Å². The average Bonchev–Trinajstić information content (AvgIpc) is 2.47. The van der Waals surface area contributed by atoms with Crippen molar-refractivity contribution < 1.29 is 29.4 Å². The molecule has 0 saturated heterocycles. The van der Waals surface area contributed by atoms with Gasteiger partial charge in [0, 0.05) is 29.1 Å². The number of benzene rings is 1. The van der Waals surface area contributed by atoms with Gasteiger partial charge in [0.05, 0.1) is 6.42 Å². The Labute approximate surface area is 131 Å². The summed E-state index contributed by atoms with van der Waals surface area (Å²) in [6.45, 7) is 3.26. The molecule has 1 aromatic rings. The number of hydrogen-bond donors (Lipinski definition) is 4. The maximum absolute atomic E-state index is 11.6. The molecular weight excluding hydrogens is 304 g/mol. The maximum Gasteiger partial charge on any atom is 0.331 e. The van der Waals surface area contributed by atoms with E-state index in [0.29, 0.717) is 17.5 Å². The van der Waals surface area contributed by atoms with Crippen molar-refractivity contribution in [3.05, 3.63) is 48.6 Å². The smallest absolute Gasteiger partial charge is 0.331 e. The van der Waals surface area contributed by atoms with Gasteiger partial charge in [0.2, 0.25) is 11.8 Å². The van der Waals surface area contributed by atoms with E-state index in [0.717, 1.165) is 6.08 Å². The van der Waals surface area contributed by atoms with Crippen molar-refractivity contribution in [1.29, 1.82) is 0 Å². The Bertz CT molecular complexity index is 676. The van der Waals surface area contributed by atoms with E-state index in [2.05, 4.69) is 17.2 Å². The van der Waals surface area contributed by atoms with Gasteiger partial charge < -0.3 is 20.8 Å². The van der Waals surface area contributed by atoms with E-state index in [4.69, 9.17) is 10.2 Å². The van der Waals surface area contributed by atoms with Gasteiger partial charge in [0.1, 0.15) is 0 Å². The highest BCUT2D eigenvalue weighted by molar-refractivity contribution is 6.02. The lowest BCUT2D eigenvalue weighted by Gasteiger charge is -2.07. The van der Waals surface area contributed by atoms with Crippen molar-refractivity contribution in [2.45, 2.75) is 6.42 Å². The van der Waals surface area contributed by atoms with Crippen LogP contribution in [0.5, 0.6) is 0 Å². The molecule has 8 nitrogen and oxygen atoms in total. The van der Waals surface area contributed by atoms with E-state index < -0.39 is 23.8 Å². The first-order valence-electron chi connectivity index (χ1n) is 6.31. The first kappa shape index (κ1) is 17.6. The summed E-state index contributed by atoms with van der Waals surface area (Å²) < 4.78 is 0. The molecule has 0 aliphatic carbocycles. The summed E-state index contributed by atoms with van der Waals surface area (Å²) in [5.74, 6) is -3.62. The second-order valence-corrected chi connectivity index (χ2v) is 4.37. The zero-order chi connectivity index (χ0) is 17.4. The summed E-state index contributed by atoms with van der Waals surface area (Å²) in [5.41, 5.74) is 0.585. The van der Waals surface area contributed by atoms with Crippen LogP contribution in [-0.2, 0) is 19.2 Å². The van der Waals surface area contributed by atoms with Gasteiger partial charge in [-0.1, -0.05) is 6.58 Å². The largest absolute Gasteiger partial charge is 0.478 e. The van der Waals surface area contributed by atoms with Crippen LogP contribution in [-0.4, -0.2) is 34.0 Å². The number of amides is 2. The molecule has 0 fully saturated rings. The van der Waals surface area contributed by atoms with Gasteiger partial charge in [-0.3, -0.25) is 9.59 Å². The van der Waals surface area contributed by atoms with Crippen molar-refractivity contribution >= 4 is 35.1 Å². The maximum atomic E-state index is 11.6. The first-order valence-corrected chi connectivity index (χ1v) is 6.31. The number of carboxylic acids is 2. The molecule has 8 heteroatoms. The molecule has 0 spiro atoms. The van der Waals surface area contributed by atoms with Crippen molar-refractivity contribution in [1.82, 2.24) is 0 Å². The number of nitrogens with one attached hydrogen (secondary N) is 2. The predicted octanol–water partition coefficient (Wildman–Crippen LogP) is 1.24. The standard InChI is InChI=1S/C15H14N2O6/c1-9(15(22)23)8-13(19)17-11-4-2-10(3-5-11)16-12(18)6-7-14(20)21/h2-7H,1,8H2,(H,16,18)(H,17,19)(H,20,21)(H,22,23)/b7-6-. The lowest BCUT2D eigenvalue weighted by molar-refractivity contribution is -0.133. The Hall–Kier alpha value is -3.42. The lowest BCUT2D eigenvalue weighted by Crippen LogP contribution is -2.15. The van der Waals surface area contributed by atoms with Crippen LogP contribution in [0.25, 0.3) is 0 Å². The highest BCUT2D eigenvalue weighted by Gasteiger charge is 2.10. The fourth-order valence-electron chi connectivity index (χ4n) is 1.44. The summed E-state index contributed by atoms with van der Waals surface area (Å²) in [5, 5.41) is 21.9. The fraction of sp³-hybridized carbons (Fsp3) is 0.0667. The quantitative estimate of drug-likeness (QED) is 0.559. The minimum Gasteiger partial charge on any atom is -0.478 e. The van der Waals surface area contributed by atoms with Crippen molar-refractivity contribution in [2.75, 3.05) is 10.6 Å². The Morgan fingerprint density at radius 3 is 1.96 bits per heavy atom. The summed E-state index contributed by atoms with van der Waals surface area (Å²) in [6.07, 6.45) is 1.24. The lowest BCUT2D eigenvalue weighted by atomic mass is 10.2. The van der Waals surface area contributed by atoms with Gasteiger partial charge in [-0.2, -0.15) is 0 Å². The molecule has 2 amide bonds. The number of hydrogen-bond acceptors (Lipinski definition) is 4. The second-order valence-electron chi connectivity index (χ2n) is 4.37. The van der Waals surface area contributed by atoms with Crippen molar-refractivity contribution in [3.63, 3.8) is 0 Å². The Balaban J connectivity index is 2.58. The highest BCUT2D eigenvalue weighted by atomic mass is 16.4. The normalized spacial score (nSPS) is 10.1. The molecule has 0 bridgehead atoms. The van der Waals surface area contributed by atoms with E-state index in [1.807, 2.05) is 0 Å². The summed E-state index contributed by atoms with van der Waals surface area (Å²) >= 11 is 0. The molecule has 23 heavy (non-hydrogen) atoms. The molecule has 1 aromatic carbocycles. The van der Waals surface area contributed by atoms with Gasteiger partial charge in [0.15, 0.2) is 0 Å². The van der Waals surface area contributed by atoms with Gasteiger partial charge in [-0.05, 0) is 24.3 Å². The van der Waals surface area contributed by atoms with Crippen molar-refractivity contribution in [2.24, 2.45) is 0 Å². The highest BCUT2D eigenvalue weighted by Crippen LogP contribution is 2.14. The molecule has 4 N–H and O–H groups in total. The second kappa shape index (κ2) is 8.13. The molecule has 0 atom stereocenters. The molecule has 1 rings (SSSR count). The average molecular weight is 318 g/mol. The minimum atomic E-state index is -1.24. The molecule has 0 heterocycles. The zero-order valence-electron chi connectivity index (χ0n) is 11.9. The van der Waals surface area contributed by atoms with Crippen LogP contribution >= 0.6 is 0 Å². The molecule has 120 valence electrons. The Kier molecular flexibility index (Phi) is 6.23. The number of rotatable bonds is 7. The van der Waals surface area contributed by atoms with Crippen LogP contribution in [0.2, 0.25) is 0 Å². The van der Waals surface area contributed by atoms with E-state index >= 15 is 0 Å². The number of aliphatic carboxylic acids is 2. The minimum absolute atomic E-state index is 0.225. The van der Waals surface area contributed by atoms with Crippen LogP contribution in [0.3, 0.4) is 0 Å². The van der Waals surface area contributed by atoms with E-state index in [1.54, 1.807) is 0 Å². The summed E-state index contributed by atoms with van der Waals surface area (Å²) in [4.78, 5) is 43.8. The molecule has 0 radical (unpaired) electrons. The number of anilines is 2. The van der Waals surface area contributed by atoms with E-state index in [-0.39, 0.29) is 12.0 Å². The number of carbonyl (C=O) groups is 4. The van der Waals surface area contributed by atoms with Gasteiger partial charge in [0.25, 0.3) is 0 Å². The monoisotopic (exact) mass is 318 g/mol. The number of carbonyl (C=O) groups excluding carboxylic acids is 2. The SMILES string of the molecule is C=C(CC(=O)Nc1ccc(NC(=O)/C=C\C(=O)O)cc1)C(=O)O. The Morgan fingerprint density at radius 2 is 1.48 bits per heavy atom.